The lowest BCUT2D eigenvalue weighted by atomic mass is 10.0. The number of hydrogen-bond acceptors (Lipinski definition) is 3. The number of benzene rings is 2. The van der Waals surface area contributed by atoms with E-state index in [1.165, 1.54) is 0 Å². The predicted octanol–water partition coefficient (Wildman–Crippen LogP) is 3.04. The molecule has 0 aliphatic heterocycles. The van der Waals surface area contributed by atoms with E-state index in [9.17, 15) is 4.79 Å². The quantitative estimate of drug-likeness (QED) is 0.891. The molecule has 0 aliphatic rings. The highest BCUT2D eigenvalue weighted by molar-refractivity contribution is 5.95. The molecule has 0 spiro atoms. The van der Waals surface area contributed by atoms with Crippen LogP contribution in [0.3, 0.4) is 0 Å². The van der Waals surface area contributed by atoms with Crippen molar-refractivity contribution in [3.05, 3.63) is 65.2 Å². The van der Waals surface area contributed by atoms with Gasteiger partial charge in [-0.15, -0.1) is 0 Å². The van der Waals surface area contributed by atoms with Gasteiger partial charge in [0, 0.05) is 12.1 Å². The highest BCUT2D eigenvalue weighted by Gasteiger charge is 2.17. The molecule has 0 radical (unpaired) electrons. The average molecular weight is 312 g/mol. The van der Waals surface area contributed by atoms with Gasteiger partial charge in [0.05, 0.1) is 13.2 Å². The number of methoxy groups -OCH3 is 1. The van der Waals surface area contributed by atoms with Crippen molar-refractivity contribution in [3.63, 3.8) is 0 Å². The molecule has 2 rings (SSSR count). The van der Waals surface area contributed by atoms with Crippen LogP contribution in [0.25, 0.3) is 0 Å². The van der Waals surface area contributed by atoms with Gasteiger partial charge in [0.15, 0.2) is 0 Å². The van der Waals surface area contributed by atoms with Crippen molar-refractivity contribution < 1.29 is 9.53 Å². The van der Waals surface area contributed by atoms with Crippen molar-refractivity contribution in [1.82, 2.24) is 10.2 Å². The largest absolute Gasteiger partial charge is 0.497 e. The Morgan fingerprint density at radius 1 is 1.17 bits per heavy atom. The van der Waals surface area contributed by atoms with Crippen molar-refractivity contribution >= 4 is 5.91 Å². The number of hydrogen-bond donors (Lipinski definition) is 1. The van der Waals surface area contributed by atoms with Crippen molar-refractivity contribution in [2.24, 2.45) is 0 Å². The number of carbonyl (C=O) groups is 1. The Morgan fingerprint density at radius 2 is 1.91 bits per heavy atom. The molecule has 0 bridgehead atoms. The third-order valence-corrected chi connectivity index (χ3v) is 3.95. The molecule has 0 fully saturated rings. The zero-order valence-electron chi connectivity index (χ0n) is 14.2. The van der Waals surface area contributed by atoms with Crippen LogP contribution in [0.5, 0.6) is 5.75 Å². The van der Waals surface area contributed by atoms with Crippen molar-refractivity contribution in [2.45, 2.75) is 13.0 Å². The van der Waals surface area contributed by atoms with Crippen LogP contribution in [-0.4, -0.2) is 38.6 Å². The molecule has 1 unspecified atom stereocenters. The summed E-state index contributed by atoms with van der Waals surface area (Å²) in [5.41, 5.74) is 2.81. The molecular formula is C19H24N2O2. The maximum absolute atomic E-state index is 12.4. The molecule has 4 nitrogen and oxygen atoms in total. The lowest BCUT2D eigenvalue weighted by Crippen LogP contribution is -2.34. The van der Waals surface area contributed by atoms with Gasteiger partial charge in [0.2, 0.25) is 0 Å². The minimum absolute atomic E-state index is 0.0437. The fraction of sp³-hybridized carbons (Fsp3) is 0.316. The zero-order valence-corrected chi connectivity index (χ0v) is 14.2. The van der Waals surface area contributed by atoms with Crippen LogP contribution in [-0.2, 0) is 0 Å². The van der Waals surface area contributed by atoms with E-state index in [1.807, 2.05) is 69.6 Å². The first kappa shape index (κ1) is 17.0. The third-order valence-electron chi connectivity index (χ3n) is 3.95. The van der Waals surface area contributed by atoms with E-state index in [4.69, 9.17) is 4.74 Å². The lowest BCUT2D eigenvalue weighted by Gasteiger charge is -2.25. The third kappa shape index (κ3) is 4.33. The Balaban J connectivity index is 2.11. The maximum Gasteiger partial charge on any atom is 0.251 e. The van der Waals surface area contributed by atoms with E-state index >= 15 is 0 Å². The van der Waals surface area contributed by atoms with Gasteiger partial charge in [0.25, 0.3) is 5.91 Å². The molecule has 122 valence electrons. The SMILES string of the molecule is COc1cccc(C(CNC(=O)c2ccccc2C)N(C)C)c1. The Morgan fingerprint density at radius 3 is 2.57 bits per heavy atom. The molecule has 1 atom stereocenters. The number of ether oxygens (including phenoxy) is 1. The van der Waals surface area contributed by atoms with Gasteiger partial charge in [0.1, 0.15) is 5.75 Å². The summed E-state index contributed by atoms with van der Waals surface area (Å²) >= 11 is 0. The summed E-state index contributed by atoms with van der Waals surface area (Å²) in [5.74, 6) is 0.775. The minimum atomic E-state index is -0.0437. The number of aryl methyl sites for hydroxylation is 1. The normalized spacial score (nSPS) is 12.0. The predicted molar refractivity (Wildman–Crippen MR) is 92.9 cm³/mol. The average Bonchev–Trinajstić information content (AvgIpc) is 2.55. The van der Waals surface area contributed by atoms with Crippen molar-refractivity contribution in [3.8, 4) is 5.75 Å². The molecule has 0 saturated carbocycles. The zero-order chi connectivity index (χ0) is 16.8. The monoisotopic (exact) mass is 312 g/mol. The summed E-state index contributed by atoms with van der Waals surface area (Å²) in [6, 6.07) is 15.6. The van der Waals surface area contributed by atoms with E-state index in [0.29, 0.717) is 6.54 Å². The second-order valence-electron chi connectivity index (χ2n) is 5.78. The summed E-state index contributed by atoms with van der Waals surface area (Å²) in [6.45, 7) is 2.48. The van der Waals surface area contributed by atoms with Crippen LogP contribution in [0.15, 0.2) is 48.5 Å². The molecule has 23 heavy (non-hydrogen) atoms. The van der Waals surface area contributed by atoms with Crippen LogP contribution in [0.1, 0.15) is 27.5 Å². The van der Waals surface area contributed by atoms with Gasteiger partial charge in [-0.05, 0) is 50.3 Å². The number of nitrogens with zero attached hydrogens (tertiary/aromatic N) is 1. The molecule has 0 saturated heterocycles. The number of rotatable bonds is 6. The van der Waals surface area contributed by atoms with E-state index in [1.54, 1.807) is 7.11 Å². The van der Waals surface area contributed by atoms with Gasteiger partial charge in [-0.1, -0.05) is 30.3 Å². The van der Waals surface area contributed by atoms with Gasteiger partial charge in [-0.25, -0.2) is 0 Å². The molecular weight excluding hydrogens is 288 g/mol. The Labute approximate surface area is 138 Å². The van der Waals surface area contributed by atoms with Gasteiger partial charge >= 0.3 is 0 Å². The Hall–Kier alpha value is -2.33. The summed E-state index contributed by atoms with van der Waals surface area (Å²) < 4.78 is 5.29. The number of likely N-dealkylation sites (N-methyl/N-ethyl adjacent to an activating group) is 1. The number of carbonyl (C=O) groups excluding carboxylic acids is 1. The van der Waals surface area contributed by atoms with Gasteiger partial charge in [-0.2, -0.15) is 0 Å². The van der Waals surface area contributed by atoms with Crippen molar-refractivity contribution in [1.29, 1.82) is 0 Å². The second-order valence-corrected chi connectivity index (χ2v) is 5.78. The fourth-order valence-corrected chi connectivity index (χ4v) is 2.56. The molecule has 0 aromatic heterocycles. The summed E-state index contributed by atoms with van der Waals surface area (Å²) in [5, 5.41) is 3.04. The molecule has 1 N–H and O–H groups in total. The summed E-state index contributed by atoms with van der Waals surface area (Å²) in [6.07, 6.45) is 0. The topological polar surface area (TPSA) is 41.6 Å². The lowest BCUT2D eigenvalue weighted by molar-refractivity contribution is 0.0941. The fourth-order valence-electron chi connectivity index (χ4n) is 2.56. The molecule has 0 aliphatic carbocycles. The smallest absolute Gasteiger partial charge is 0.251 e. The standard InChI is InChI=1S/C19H24N2O2/c1-14-8-5-6-11-17(14)19(22)20-13-18(21(2)3)15-9-7-10-16(12-15)23-4/h5-12,18H,13H2,1-4H3,(H,20,22). The minimum Gasteiger partial charge on any atom is -0.497 e. The van der Waals surface area contributed by atoms with E-state index < -0.39 is 0 Å². The van der Waals surface area contributed by atoms with Gasteiger partial charge < -0.3 is 15.0 Å². The Bertz CT molecular complexity index is 668. The van der Waals surface area contributed by atoms with Crippen LogP contribution in [0.4, 0.5) is 0 Å². The van der Waals surface area contributed by atoms with E-state index in [0.717, 1.165) is 22.4 Å². The number of nitrogens with one attached hydrogen (secondary N) is 1. The highest BCUT2D eigenvalue weighted by Crippen LogP contribution is 2.22. The van der Waals surface area contributed by atoms with Crippen LogP contribution < -0.4 is 10.1 Å². The molecule has 0 heterocycles. The highest BCUT2D eigenvalue weighted by atomic mass is 16.5. The first-order valence-electron chi connectivity index (χ1n) is 7.67. The first-order chi connectivity index (χ1) is 11.0. The maximum atomic E-state index is 12.4. The summed E-state index contributed by atoms with van der Waals surface area (Å²) in [7, 11) is 5.66. The number of amides is 1. The molecule has 4 heteroatoms. The van der Waals surface area contributed by atoms with Gasteiger partial charge in [-0.3, -0.25) is 4.79 Å². The van der Waals surface area contributed by atoms with Crippen LogP contribution in [0, 0.1) is 6.92 Å². The van der Waals surface area contributed by atoms with Crippen LogP contribution >= 0.6 is 0 Å². The van der Waals surface area contributed by atoms with E-state index in [2.05, 4.69) is 10.2 Å². The molecule has 2 aromatic carbocycles. The van der Waals surface area contributed by atoms with Crippen LogP contribution in [0.2, 0.25) is 0 Å². The van der Waals surface area contributed by atoms with Crippen molar-refractivity contribution in [2.75, 3.05) is 27.7 Å². The van der Waals surface area contributed by atoms with E-state index in [-0.39, 0.29) is 11.9 Å². The molecule has 2 aromatic rings. The summed E-state index contributed by atoms with van der Waals surface area (Å²) in [4.78, 5) is 14.5. The first-order valence-corrected chi connectivity index (χ1v) is 7.67. The molecule has 1 amide bonds. The second kappa shape index (κ2) is 7.79. The Kier molecular flexibility index (Phi) is 5.77.